The van der Waals surface area contributed by atoms with Gasteiger partial charge >= 0.3 is 0 Å². The Morgan fingerprint density at radius 2 is 1.81 bits per heavy atom. The van der Waals surface area contributed by atoms with Crippen LogP contribution in [-0.2, 0) is 0 Å². The number of fused-ring (bicyclic) bond motifs is 1. The molecule has 0 amide bonds. The first-order valence-electron chi connectivity index (χ1n) is 8.88. The molecule has 4 rings (SSSR count). The van der Waals surface area contributed by atoms with Gasteiger partial charge in [-0.25, -0.2) is 9.97 Å². The Morgan fingerprint density at radius 3 is 2.52 bits per heavy atom. The van der Waals surface area contributed by atoms with Crippen LogP contribution in [0.25, 0.3) is 21.3 Å². The van der Waals surface area contributed by atoms with Crippen molar-refractivity contribution in [3.05, 3.63) is 70.3 Å². The molecule has 0 spiro atoms. The van der Waals surface area contributed by atoms with E-state index < -0.39 is 0 Å². The van der Waals surface area contributed by atoms with Gasteiger partial charge < -0.3 is 5.32 Å². The Balaban J connectivity index is 1.79. The normalized spacial score (nSPS) is 11.3. The van der Waals surface area contributed by atoms with Crippen LogP contribution in [0.1, 0.15) is 30.9 Å². The van der Waals surface area contributed by atoms with Crippen molar-refractivity contribution in [2.24, 2.45) is 0 Å². The Morgan fingerprint density at radius 1 is 1.04 bits per heavy atom. The summed E-state index contributed by atoms with van der Waals surface area (Å²) in [5.74, 6) is 1.33. The topological polar surface area (TPSA) is 37.8 Å². The molecule has 3 nitrogen and oxygen atoms in total. The number of anilines is 2. The summed E-state index contributed by atoms with van der Waals surface area (Å²) in [4.78, 5) is 9.95. The lowest BCUT2D eigenvalue weighted by atomic mass is 9.99. The number of hydrogen-bond acceptors (Lipinski definition) is 4. The van der Waals surface area contributed by atoms with Crippen LogP contribution in [0, 0.1) is 6.92 Å². The van der Waals surface area contributed by atoms with Gasteiger partial charge in [0.1, 0.15) is 17.0 Å². The minimum Gasteiger partial charge on any atom is -0.339 e. The molecule has 5 heteroatoms. The average molecular weight is 394 g/mol. The highest BCUT2D eigenvalue weighted by Gasteiger charge is 2.14. The molecule has 0 aliphatic rings. The SMILES string of the molecule is Cc1cc(Cl)ccc1Nc1ncnc2scc(-c3ccc(C(C)C)cc3)c12. The van der Waals surface area contributed by atoms with Crippen molar-refractivity contribution in [3.63, 3.8) is 0 Å². The largest absolute Gasteiger partial charge is 0.339 e. The van der Waals surface area contributed by atoms with Crippen molar-refractivity contribution in [1.82, 2.24) is 9.97 Å². The maximum absolute atomic E-state index is 6.09. The first kappa shape index (κ1) is 18.0. The predicted molar refractivity (Wildman–Crippen MR) is 116 cm³/mol. The molecule has 0 atom stereocenters. The minimum absolute atomic E-state index is 0.520. The van der Waals surface area contributed by atoms with E-state index in [-0.39, 0.29) is 0 Å². The maximum Gasteiger partial charge on any atom is 0.143 e. The van der Waals surface area contributed by atoms with Crippen molar-refractivity contribution < 1.29 is 0 Å². The summed E-state index contributed by atoms with van der Waals surface area (Å²) >= 11 is 7.72. The minimum atomic E-state index is 0.520. The molecule has 4 aromatic rings. The summed E-state index contributed by atoms with van der Waals surface area (Å²) in [6, 6.07) is 14.6. The van der Waals surface area contributed by atoms with E-state index in [1.807, 2.05) is 25.1 Å². The van der Waals surface area contributed by atoms with Crippen LogP contribution in [0.5, 0.6) is 0 Å². The second kappa shape index (κ2) is 7.29. The molecule has 136 valence electrons. The molecule has 0 fully saturated rings. The fourth-order valence-electron chi connectivity index (χ4n) is 3.12. The van der Waals surface area contributed by atoms with E-state index in [4.69, 9.17) is 11.6 Å². The second-order valence-electron chi connectivity index (χ2n) is 6.91. The van der Waals surface area contributed by atoms with Crippen LogP contribution < -0.4 is 5.32 Å². The van der Waals surface area contributed by atoms with Crippen molar-refractivity contribution in [2.75, 3.05) is 5.32 Å². The molecule has 1 N–H and O–H groups in total. The van der Waals surface area contributed by atoms with Gasteiger partial charge in [-0.05, 0) is 47.7 Å². The van der Waals surface area contributed by atoms with Crippen LogP contribution in [0.3, 0.4) is 0 Å². The van der Waals surface area contributed by atoms with Gasteiger partial charge in [-0.2, -0.15) is 0 Å². The van der Waals surface area contributed by atoms with Gasteiger partial charge in [0.2, 0.25) is 0 Å². The molecular formula is C22H20ClN3S. The van der Waals surface area contributed by atoms with E-state index >= 15 is 0 Å². The summed E-state index contributed by atoms with van der Waals surface area (Å²) in [5, 5.41) is 7.40. The van der Waals surface area contributed by atoms with Gasteiger partial charge in [-0.1, -0.05) is 49.7 Å². The molecule has 2 aromatic heterocycles. The Kier molecular flexibility index (Phi) is 4.85. The third-order valence-electron chi connectivity index (χ3n) is 4.70. The lowest BCUT2D eigenvalue weighted by molar-refractivity contribution is 0.867. The molecule has 0 unspecified atom stereocenters. The number of nitrogens with zero attached hydrogens (tertiary/aromatic N) is 2. The molecule has 27 heavy (non-hydrogen) atoms. The summed E-state index contributed by atoms with van der Waals surface area (Å²) in [6.07, 6.45) is 1.61. The first-order chi connectivity index (χ1) is 13.0. The van der Waals surface area contributed by atoms with Crippen molar-refractivity contribution in [3.8, 4) is 11.1 Å². The third-order valence-corrected chi connectivity index (χ3v) is 5.82. The lowest BCUT2D eigenvalue weighted by Crippen LogP contribution is -1.97. The van der Waals surface area contributed by atoms with E-state index in [0.717, 1.165) is 37.9 Å². The van der Waals surface area contributed by atoms with Gasteiger partial charge in [0.25, 0.3) is 0 Å². The van der Waals surface area contributed by atoms with Crippen LogP contribution >= 0.6 is 22.9 Å². The number of benzene rings is 2. The number of aromatic nitrogens is 2. The molecule has 0 saturated carbocycles. The fraction of sp³-hybridized carbons (Fsp3) is 0.182. The Hall–Kier alpha value is -2.43. The number of rotatable bonds is 4. The Bertz CT molecular complexity index is 1100. The highest BCUT2D eigenvalue weighted by atomic mass is 35.5. The number of thiophene rings is 1. The highest BCUT2D eigenvalue weighted by Crippen LogP contribution is 2.38. The third kappa shape index (κ3) is 3.55. The van der Waals surface area contributed by atoms with Crippen LogP contribution in [0.15, 0.2) is 54.2 Å². The number of nitrogens with one attached hydrogen (secondary N) is 1. The number of halogens is 1. The summed E-state index contributed by atoms with van der Waals surface area (Å²) < 4.78 is 0. The van der Waals surface area contributed by atoms with Crippen LogP contribution in [0.2, 0.25) is 5.02 Å². The number of aryl methyl sites for hydroxylation is 1. The van der Waals surface area contributed by atoms with Gasteiger partial charge in [0.05, 0.1) is 5.39 Å². The maximum atomic E-state index is 6.09. The summed E-state index contributed by atoms with van der Waals surface area (Å²) in [7, 11) is 0. The standard InChI is InChI=1S/C22H20ClN3S/c1-13(2)15-4-6-16(7-5-15)18-11-27-22-20(18)21(24-12-25-22)26-19-9-8-17(23)10-14(19)3/h4-13H,1-3H3,(H,24,25,26). The first-order valence-corrected chi connectivity index (χ1v) is 10.1. The molecule has 0 radical (unpaired) electrons. The quantitative estimate of drug-likeness (QED) is 0.398. The summed E-state index contributed by atoms with van der Waals surface area (Å²) in [6.45, 7) is 6.45. The molecule has 0 aliphatic heterocycles. The smallest absolute Gasteiger partial charge is 0.143 e. The zero-order chi connectivity index (χ0) is 19.0. The zero-order valence-electron chi connectivity index (χ0n) is 15.5. The molecule has 0 saturated heterocycles. The average Bonchev–Trinajstić information content (AvgIpc) is 3.09. The predicted octanol–water partition coefficient (Wildman–Crippen LogP) is 7.19. The molecule has 0 bridgehead atoms. The zero-order valence-corrected chi connectivity index (χ0v) is 17.0. The van der Waals surface area contributed by atoms with E-state index in [9.17, 15) is 0 Å². The van der Waals surface area contributed by atoms with E-state index in [1.165, 1.54) is 11.1 Å². The fourth-order valence-corrected chi connectivity index (χ4v) is 4.27. The van der Waals surface area contributed by atoms with E-state index in [0.29, 0.717) is 5.92 Å². The monoisotopic (exact) mass is 393 g/mol. The molecule has 2 aromatic carbocycles. The Labute approximate surface area is 168 Å². The summed E-state index contributed by atoms with van der Waals surface area (Å²) in [5.41, 5.74) is 5.74. The molecule has 0 aliphatic carbocycles. The number of hydrogen-bond donors (Lipinski definition) is 1. The molecular weight excluding hydrogens is 374 g/mol. The van der Waals surface area contributed by atoms with Gasteiger partial charge in [-0.3, -0.25) is 0 Å². The van der Waals surface area contributed by atoms with Gasteiger partial charge in [-0.15, -0.1) is 11.3 Å². The highest BCUT2D eigenvalue weighted by molar-refractivity contribution is 7.17. The van der Waals surface area contributed by atoms with Gasteiger partial charge in [0.15, 0.2) is 0 Å². The lowest BCUT2D eigenvalue weighted by Gasteiger charge is -2.11. The van der Waals surface area contributed by atoms with E-state index in [1.54, 1.807) is 17.7 Å². The second-order valence-corrected chi connectivity index (χ2v) is 8.21. The molecule has 2 heterocycles. The van der Waals surface area contributed by atoms with Crippen molar-refractivity contribution in [1.29, 1.82) is 0 Å². The van der Waals surface area contributed by atoms with Gasteiger partial charge in [0, 0.05) is 21.7 Å². The van der Waals surface area contributed by atoms with Crippen molar-refractivity contribution in [2.45, 2.75) is 26.7 Å². The van der Waals surface area contributed by atoms with E-state index in [2.05, 4.69) is 58.8 Å². The van der Waals surface area contributed by atoms with Crippen LogP contribution in [0.4, 0.5) is 11.5 Å². The van der Waals surface area contributed by atoms with Crippen LogP contribution in [-0.4, -0.2) is 9.97 Å². The van der Waals surface area contributed by atoms with Crippen molar-refractivity contribution >= 4 is 44.7 Å².